The van der Waals surface area contributed by atoms with E-state index in [0.29, 0.717) is 0 Å². The van der Waals surface area contributed by atoms with Gasteiger partial charge in [0, 0.05) is 30.9 Å². The summed E-state index contributed by atoms with van der Waals surface area (Å²) in [4.78, 5) is 5.61. The number of hydrogen-bond acceptors (Lipinski definition) is 4. The van der Waals surface area contributed by atoms with E-state index in [0.717, 1.165) is 17.2 Å². The molecule has 2 heterocycles. The number of aryl methyl sites for hydroxylation is 2. The van der Waals surface area contributed by atoms with Crippen LogP contribution in [0.4, 0.5) is 0 Å². The molecule has 0 saturated heterocycles. The van der Waals surface area contributed by atoms with Gasteiger partial charge in [0.05, 0.1) is 11.7 Å². The summed E-state index contributed by atoms with van der Waals surface area (Å²) in [6.07, 6.45) is 3.87. The predicted octanol–water partition coefficient (Wildman–Crippen LogP) is 2.04. The molecule has 2 aromatic rings. The van der Waals surface area contributed by atoms with Crippen LogP contribution in [0.2, 0.25) is 0 Å². The lowest BCUT2D eigenvalue weighted by Gasteiger charge is -2.09. The Bertz CT molecular complexity index is 460. The van der Waals surface area contributed by atoms with Gasteiger partial charge in [0.15, 0.2) is 0 Å². The van der Waals surface area contributed by atoms with Gasteiger partial charge in [0.25, 0.3) is 0 Å². The van der Waals surface area contributed by atoms with Crippen molar-refractivity contribution in [2.45, 2.75) is 26.4 Å². The molecule has 1 atom stereocenters. The molecular formula is C11H16N4S. The first kappa shape index (κ1) is 11.3. The Balaban J connectivity index is 1.91. The highest BCUT2D eigenvalue weighted by molar-refractivity contribution is 7.11. The van der Waals surface area contributed by atoms with Gasteiger partial charge < -0.3 is 5.32 Å². The quantitative estimate of drug-likeness (QED) is 0.883. The number of rotatable bonds is 4. The van der Waals surface area contributed by atoms with Crippen molar-refractivity contribution in [3.63, 3.8) is 0 Å². The van der Waals surface area contributed by atoms with Crippen LogP contribution >= 0.6 is 11.3 Å². The second-order valence-electron chi connectivity index (χ2n) is 3.89. The van der Waals surface area contributed by atoms with Gasteiger partial charge in [-0.25, -0.2) is 4.98 Å². The van der Waals surface area contributed by atoms with Crippen LogP contribution in [-0.4, -0.2) is 14.8 Å². The van der Waals surface area contributed by atoms with E-state index in [1.54, 1.807) is 11.3 Å². The molecule has 0 aromatic carbocycles. The van der Waals surface area contributed by atoms with Crippen LogP contribution in [0.25, 0.3) is 0 Å². The van der Waals surface area contributed by atoms with E-state index in [1.807, 2.05) is 30.2 Å². The molecule has 16 heavy (non-hydrogen) atoms. The van der Waals surface area contributed by atoms with Gasteiger partial charge in [-0.05, 0) is 19.9 Å². The maximum absolute atomic E-state index is 4.36. The molecule has 0 radical (unpaired) electrons. The fourth-order valence-corrected chi connectivity index (χ4v) is 2.28. The largest absolute Gasteiger partial charge is 0.302 e. The predicted molar refractivity (Wildman–Crippen MR) is 65.3 cm³/mol. The van der Waals surface area contributed by atoms with Crippen molar-refractivity contribution in [3.8, 4) is 0 Å². The summed E-state index contributed by atoms with van der Waals surface area (Å²) in [6, 6.07) is 2.30. The normalized spacial score (nSPS) is 12.9. The molecule has 1 unspecified atom stereocenters. The van der Waals surface area contributed by atoms with Gasteiger partial charge in [0.2, 0.25) is 0 Å². The average Bonchev–Trinajstić information content (AvgIpc) is 2.84. The van der Waals surface area contributed by atoms with Crippen LogP contribution in [0.1, 0.15) is 28.5 Å². The molecular weight excluding hydrogens is 220 g/mol. The highest BCUT2D eigenvalue weighted by Gasteiger charge is 2.09. The zero-order valence-corrected chi connectivity index (χ0v) is 10.6. The average molecular weight is 236 g/mol. The summed E-state index contributed by atoms with van der Waals surface area (Å²) < 4.78 is 1.81. The van der Waals surface area contributed by atoms with Gasteiger partial charge in [0.1, 0.15) is 5.01 Å². The Labute approximate surface area is 99.3 Å². The van der Waals surface area contributed by atoms with Crippen LogP contribution in [0.15, 0.2) is 18.5 Å². The number of thiazole rings is 1. The van der Waals surface area contributed by atoms with Gasteiger partial charge >= 0.3 is 0 Å². The monoisotopic (exact) mass is 236 g/mol. The maximum atomic E-state index is 4.36. The van der Waals surface area contributed by atoms with E-state index < -0.39 is 0 Å². The number of nitrogens with zero attached hydrogens (tertiary/aromatic N) is 3. The fourth-order valence-electron chi connectivity index (χ4n) is 1.47. The summed E-state index contributed by atoms with van der Waals surface area (Å²) in [6.45, 7) is 4.98. The summed E-state index contributed by atoms with van der Waals surface area (Å²) in [7, 11) is 1.93. The van der Waals surface area contributed by atoms with Gasteiger partial charge in [-0.2, -0.15) is 5.10 Å². The highest BCUT2D eigenvalue weighted by Crippen LogP contribution is 2.19. The minimum atomic E-state index is 0.278. The molecule has 5 heteroatoms. The standard InChI is InChI=1S/C11H16N4S/c1-8-6-13-11(16-8)9(2)12-7-10-4-5-15(3)14-10/h4-6,9,12H,7H2,1-3H3. The third-order valence-electron chi connectivity index (χ3n) is 2.37. The Hall–Kier alpha value is -1.20. The van der Waals surface area contributed by atoms with E-state index in [1.165, 1.54) is 4.88 Å². The zero-order valence-electron chi connectivity index (χ0n) is 9.77. The fraction of sp³-hybridized carbons (Fsp3) is 0.455. The lowest BCUT2D eigenvalue weighted by atomic mass is 10.3. The Kier molecular flexibility index (Phi) is 3.36. The molecule has 0 fully saturated rings. The van der Waals surface area contributed by atoms with Crippen LogP contribution in [0, 0.1) is 6.92 Å². The van der Waals surface area contributed by atoms with E-state index in [-0.39, 0.29) is 6.04 Å². The molecule has 2 rings (SSSR count). The molecule has 2 aromatic heterocycles. The van der Waals surface area contributed by atoms with E-state index in [9.17, 15) is 0 Å². The minimum Gasteiger partial charge on any atom is -0.302 e. The zero-order chi connectivity index (χ0) is 11.5. The van der Waals surface area contributed by atoms with Gasteiger partial charge in [-0.15, -0.1) is 11.3 Å². The molecule has 0 spiro atoms. The van der Waals surface area contributed by atoms with E-state index in [4.69, 9.17) is 0 Å². The summed E-state index contributed by atoms with van der Waals surface area (Å²) >= 11 is 1.74. The summed E-state index contributed by atoms with van der Waals surface area (Å²) in [5.74, 6) is 0. The van der Waals surface area contributed by atoms with Gasteiger partial charge in [-0.1, -0.05) is 0 Å². The van der Waals surface area contributed by atoms with Crippen LogP contribution in [-0.2, 0) is 13.6 Å². The third-order valence-corrected chi connectivity index (χ3v) is 3.46. The van der Waals surface area contributed by atoms with Crippen LogP contribution < -0.4 is 5.32 Å². The van der Waals surface area contributed by atoms with Crippen molar-refractivity contribution in [1.29, 1.82) is 0 Å². The third kappa shape index (κ3) is 2.68. The topological polar surface area (TPSA) is 42.7 Å². The highest BCUT2D eigenvalue weighted by atomic mass is 32.1. The summed E-state index contributed by atoms with van der Waals surface area (Å²) in [5, 5.41) is 8.87. The SMILES string of the molecule is Cc1cnc(C(C)NCc2ccn(C)n2)s1. The Morgan fingerprint density at radius 2 is 2.38 bits per heavy atom. The lowest BCUT2D eigenvalue weighted by molar-refractivity contribution is 0.559. The van der Waals surface area contributed by atoms with Crippen molar-refractivity contribution in [2.75, 3.05) is 0 Å². The molecule has 1 N–H and O–H groups in total. The van der Waals surface area contributed by atoms with E-state index in [2.05, 4.69) is 29.2 Å². The first-order valence-electron chi connectivity index (χ1n) is 5.29. The van der Waals surface area contributed by atoms with Crippen molar-refractivity contribution < 1.29 is 0 Å². The van der Waals surface area contributed by atoms with Crippen LogP contribution in [0.5, 0.6) is 0 Å². The van der Waals surface area contributed by atoms with Crippen molar-refractivity contribution >= 4 is 11.3 Å². The number of aromatic nitrogens is 3. The van der Waals surface area contributed by atoms with Crippen LogP contribution in [0.3, 0.4) is 0 Å². The number of nitrogens with one attached hydrogen (secondary N) is 1. The van der Waals surface area contributed by atoms with Crippen molar-refractivity contribution in [2.24, 2.45) is 7.05 Å². The van der Waals surface area contributed by atoms with Gasteiger partial charge in [-0.3, -0.25) is 4.68 Å². The molecule has 4 nitrogen and oxygen atoms in total. The molecule has 0 bridgehead atoms. The second kappa shape index (κ2) is 4.76. The number of hydrogen-bond donors (Lipinski definition) is 1. The smallest absolute Gasteiger partial charge is 0.109 e. The lowest BCUT2D eigenvalue weighted by Crippen LogP contribution is -2.18. The van der Waals surface area contributed by atoms with E-state index >= 15 is 0 Å². The molecule has 86 valence electrons. The minimum absolute atomic E-state index is 0.278. The second-order valence-corrected chi connectivity index (χ2v) is 5.16. The first-order chi connectivity index (χ1) is 7.65. The van der Waals surface area contributed by atoms with Crippen molar-refractivity contribution in [1.82, 2.24) is 20.1 Å². The Morgan fingerprint density at radius 3 is 2.94 bits per heavy atom. The molecule has 0 aliphatic rings. The molecule has 0 aliphatic carbocycles. The first-order valence-corrected chi connectivity index (χ1v) is 6.11. The molecule has 0 amide bonds. The van der Waals surface area contributed by atoms with Crippen molar-refractivity contribution in [3.05, 3.63) is 34.0 Å². The molecule has 0 saturated carbocycles. The maximum Gasteiger partial charge on any atom is 0.109 e. The summed E-state index contributed by atoms with van der Waals surface area (Å²) in [5.41, 5.74) is 1.06. The Morgan fingerprint density at radius 1 is 1.56 bits per heavy atom. The molecule has 0 aliphatic heterocycles.